The molecule has 1 N–H and O–H groups in total. The fourth-order valence-electron chi connectivity index (χ4n) is 3.47. The molecule has 3 amide bonds. The van der Waals surface area contributed by atoms with Gasteiger partial charge < -0.3 is 10.2 Å². The second-order valence-corrected chi connectivity index (χ2v) is 6.57. The molecular weight excluding hydrogens is 352 g/mol. The quantitative estimate of drug-likeness (QED) is 0.717. The molecule has 1 aliphatic rings. The van der Waals surface area contributed by atoms with E-state index in [1.165, 1.54) is 14.1 Å². The van der Waals surface area contributed by atoms with Gasteiger partial charge in [0.2, 0.25) is 0 Å². The van der Waals surface area contributed by atoms with Crippen molar-refractivity contribution in [2.75, 3.05) is 19.0 Å². The molecule has 6 nitrogen and oxygen atoms in total. The molecule has 1 aliphatic heterocycles. The third-order valence-electron chi connectivity index (χ3n) is 4.86. The van der Waals surface area contributed by atoms with Gasteiger partial charge in [0, 0.05) is 19.7 Å². The summed E-state index contributed by atoms with van der Waals surface area (Å²) in [5.41, 5.74) is 2.84. The molecule has 0 aromatic heterocycles. The van der Waals surface area contributed by atoms with Crippen molar-refractivity contribution in [1.82, 2.24) is 10.3 Å². The van der Waals surface area contributed by atoms with E-state index in [1.54, 1.807) is 4.90 Å². The van der Waals surface area contributed by atoms with Crippen LogP contribution < -0.4 is 10.2 Å². The zero-order chi connectivity index (χ0) is 19.7. The normalized spacial score (nSPS) is 14.4. The Morgan fingerprint density at radius 2 is 1.75 bits per heavy atom. The topological polar surface area (TPSA) is 65.0 Å². The lowest BCUT2D eigenvalue weighted by Gasteiger charge is -2.18. The molecule has 0 fully saturated rings. The summed E-state index contributed by atoms with van der Waals surface area (Å²) in [5, 5.41) is 10.2. The summed E-state index contributed by atoms with van der Waals surface area (Å²) >= 11 is 0. The van der Waals surface area contributed by atoms with E-state index in [0.29, 0.717) is 6.54 Å². The van der Waals surface area contributed by atoms with Gasteiger partial charge >= 0.3 is 6.03 Å². The summed E-state index contributed by atoms with van der Waals surface area (Å²) in [6, 6.07) is 21.3. The molecule has 0 spiro atoms. The van der Waals surface area contributed by atoms with Gasteiger partial charge in [-0.25, -0.2) is 9.80 Å². The molecule has 0 saturated heterocycles. The van der Waals surface area contributed by atoms with E-state index < -0.39 is 0 Å². The number of para-hydroxylation sites is 1. The summed E-state index contributed by atoms with van der Waals surface area (Å²) in [6.45, 7) is 0.430. The summed E-state index contributed by atoms with van der Waals surface area (Å²) < 4.78 is 0. The largest absolute Gasteiger partial charge is 0.340 e. The van der Waals surface area contributed by atoms with Crippen molar-refractivity contribution < 1.29 is 9.59 Å². The number of carbonyl (C=O) groups is 2. The van der Waals surface area contributed by atoms with Crippen LogP contribution in [-0.4, -0.2) is 36.8 Å². The lowest BCUT2D eigenvalue weighted by Crippen LogP contribution is -2.35. The van der Waals surface area contributed by atoms with E-state index in [2.05, 4.69) is 28.6 Å². The van der Waals surface area contributed by atoms with Gasteiger partial charge in [-0.15, -0.1) is 0 Å². The van der Waals surface area contributed by atoms with Gasteiger partial charge in [-0.05, 0) is 22.4 Å². The third-order valence-corrected chi connectivity index (χ3v) is 4.86. The van der Waals surface area contributed by atoms with Crippen LogP contribution in [0.15, 0.2) is 71.8 Å². The van der Waals surface area contributed by atoms with Crippen LogP contribution in [0.4, 0.5) is 10.5 Å². The van der Waals surface area contributed by atoms with Gasteiger partial charge in [0.15, 0.2) is 5.71 Å². The predicted octanol–water partition coefficient (Wildman–Crippen LogP) is 3.36. The Kier molecular flexibility index (Phi) is 4.53. The predicted molar refractivity (Wildman–Crippen MR) is 110 cm³/mol. The van der Waals surface area contributed by atoms with Crippen molar-refractivity contribution in [2.45, 2.75) is 6.54 Å². The molecule has 3 aromatic rings. The molecule has 0 saturated carbocycles. The Balaban J connectivity index is 1.75. The number of hydrogen-bond acceptors (Lipinski definition) is 3. The number of nitrogens with zero attached hydrogens (tertiary/aromatic N) is 3. The molecule has 0 aliphatic carbocycles. The van der Waals surface area contributed by atoms with Crippen molar-refractivity contribution in [2.24, 2.45) is 5.10 Å². The van der Waals surface area contributed by atoms with Crippen LogP contribution in [0, 0.1) is 0 Å². The van der Waals surface area contributed by atoms with Crippen LogP contribution in [0.25, 0.3) is 10.8 Å². The molecule has 1 heterocycles. The van der Waals surface area contributed by atoms with E-state index >= 15 is 0 Å². The summed E-state index contributed by atoms with van der Waals surface area (Å²) in [4.78, 5) is 26.7. The molecule has 4 rings (SSSR count). The molecule has 3 aromatic carbocycles. The highest BCUT2D eigenvalue weighted by Crippen LogP contribution is 2.32. The molecule has 0 radical (unpaired) electrons. The van der Waals surface area contributed by atoms with E-state index in [1.807, 2.05) is 48.5 Å². The minimum absolute atomic E-state index is 0.218. The van der Waals surface area contributed by atoms with Gasteiger partial charge in [0.25, 0.3) is 5.91 Å². The molecule has 0 atom stereocenters. The summed E-state index contributed by atoms with van der Waals surface area (Å²) in [6.07, 6.45) is 0. The van der Waals surface area contributed by atoms with E-state index in [-0.39, 0.29) is 17.6 Å². The maximum absolute atomic E-state index is 13.2. The molecule has 0 unspecified atom stereocenters. The second-order valence-electron chi connectivity index (χ2n) is 6.57. The number of urea groups is 1. The van der Waals surface area contributed by atoms with Crippen LogP contribution >= 0.6 is 0 Å². The van der Waals surface area contributed by atoms with Crippen molar-refractivity contribution >= 4 is 34.1 Å². The second kappa shape index (κ2) is 7.15. The van der Waals surface area contributed by atoms with Crippen molar-refractivity contribution in [1.29, 1.82) is 0 Å². The number of rotatable bonds is 3. The monoisotopic (exact) mass is 372 g/mol. The Bertz CT molecular complexity index is 1100. The van der Waals surface area contributed by atoms with Crippen LogP contribution in [0.5, 0.6) is 0 Å². The Labute approximate surface area is 163 Å². The highest BCUT2D eigenvalue weighted by Gasteiger charge is 2.34. The molecule has 6 heteroatoms. The molecule has 28 heavy (non-hydrogen) atoms. The Hall–Kier alpha value is -3.67. The number of hydrogen-bond donors (Lipinski definition) is 1. The highest BCUT2D eigenvalue weighted by atomic mass is 16.2. The van der Waals surface area contributed by atoms with E-state index in [9.17, 15) is 9.59 Å². The maximum atomic E-state index is 13.2. The minimum Gasteiger partial charge on any atom is -0.340 e. The standard InChI is InChI=1S/C22H20N4O2/c1-23-22(28)25(2)24-20-18-12-5-6-13-19(18)26(21(20)27)14-16-10-7-9-15-8-3-4-11-17(15)16/h3-13H,14H2,1-2H3,(H,23,28)/b24-20-. The maximum Gasteiger partial charge on any atom is 0.337 e. The number of benzene rings is 3. The third kappa shape index (κ3) is 2.99. The number of hydrazone groups is 1. The molecule has 140 valence electrons. The van der Waals surface area contributed by atoms with Crippen molar-refractivity contribution in [3.05, 3.63) is 77.9 Å². The zero-order valence-electron chi connectivity index (χ0n) is 15.7. The zero-order valence-corrected chi connectivity index (χ0v) is 15.7. The Morgan fingerprint density at radius 3 is 2.57 bits per heavy atom. The van der Waals surface area contributed by atoms with Gasteiger partial charge in [-0.1, -0.05) is 60.7 Å². The van der Waals surface area contributed by atoms with Gasteiger partial charge in [0.05, 0.1) is 12.2 Å². The SMILES string of the molecule is CNC(=O)N(C)/N=C1\C(=O)N(Cc2cccc3ccccc23)c2ccccc21. The van der Waals surface area contributed by atoms with Gasteiger partial charge in [0.1, 0.15) is 0 Å². The first-order valence-electron chi connectivity index (χ1n) is 9.02. The van der Waals surface area contributed by atoms with Crippen LogP contribution in [0.1, 0.15) is 11.1 Å². The van der Waals surface area contributed by atoms with Gasteiger partial charge in [-0.3, -0.25) is 4.79 Å². The molecule has 0 bridgehead atoms. The van der Waals surface area contributed by atoms with E-state index in [0.717, 1.165) is 32.6 Å². The Morgan fingerprint density at radius 1 is 1.04 bits per heavy atom. The number of amides is 3. The lowest BCUT2D eigenvalue weighted by molar-refractivity contribution is -0.112. The first-order valence-corrected chi connectivity index (χ1v) is 9.02. The number of fused-ring (bicyclic) bond motifs is 2. The lowest BCUT2D eigenvalue weighted by atomic mass is 10.0. The summed E-state index contributed by atoms with van der Waals surface area (Å²) in [5.74, 6) is -0.218. The van der Waals surface area contributed by atoms with Crippen LogP contribution in [0.3, 0.4) is 0 Å². The summed E-state index contributed by atoms with van der Waals surface area (Å²) in [7, 11) is 3.05. The average molecular weight is 372 g/mol. The first kappa shape index (κ1) is 17.7. The fraction of sp³-hybridized carbons (Fsp3) is 0.136. The van der Waals surface area contributed by atoms with Crippen molar-refractivity contribution in [3.8, 4) is 0 Å². The van der Waals surface area contributed by atoms with Crippen molar-refractivity contribution in [3.63, 3.8) is 0 Å². The van der Waals surface area contributed by atoms with Gasteiger partial charge in [-0.2, -0.15) is 5.10 Å². The number of nitrogens with one attached hydrogen (secondary N) is 1. The van der Waals surface area contributed by atoms with E-state index in [4.69, 9.17) is 0 Å². The minimum atomic E-state index is -0.384. The highest BCUT2D eigenvalue weighted by molar-refractivity contribution is 6.54. The molecular formula is C22H20N4O2. The van der Waals surface area contributed by atoms with Crippen LogP contribution in [0.2, 0.25) is 0 Å². The number of carbonyl (C=O) groups excluding carboxylic acids is 2. The van der Waals surface area contributed by atoms with Crippen LogP contribution in [-0.2, 0) is 11.3 Å². The fourth-order valence-corrected chi connectivity index (χ4v) is 3.47. The smallest absolute Gasteiger partial charge is 0.337 e. The average Bonchev–Trinajstić information content (AvgIpc) is 2.99. The first-order chi connectivity index (χ1) is 13.6. The number of anilines is 1.